The minimum atomic E-state index is -3.04. The maximum Gasteiger partial charge on any atom is 0.237 e. The molecule has 0 aliphatic carbocycles. The first-order valence-corrected chi connectivity index (χ1v) is 9.35. The average molecular weight is 316 g/mol. The van der Waals surface area contributed by atoms with Crippen molar-refractivity contribution in [1.29, 1.82) is 0 Å². The summed E-state index contributed by atoms with van der Waals surface area (Å²) in [5, 5.41) is 2.73. The minimum Gasteiger partial charge on any atom is -0.351 e. The van der Waals surface area contributed by atoms with Gasteiger partial charge in [0.25, 0.3) is 0 Å². The summed E-state index contributed by atoms with van der Waals surface area (Å²) in [7, 11) is -3.04. The first-order valence-electron chi connectivity index (χ1n) is 7.53. The van der Waals surface area contributed by atoms with E-state index in [1.54, 1.807) is 18.7 Å². The predicted octanol–water partition coefficient (Wildman–Crippen LogP) is 0.328. The molecular formula is C14H24N2O4S. The Hall–Kier alpha value is -1.11. The molecule has 1 atom stereocenters. The van der Waals surface area contributed by atoms with E-state index < -0.39 is 15.3 Å². The molecule has 120 valence electrons. The summed E-state index contributed by atoms with van der Waals surface area (Å²) in [5.74, 6) is -0.453. The number of hydrogen-bond donors (Lipinski definition) is 1. The summed E-state index contributed by atoms with van der Waals surface area (Å²) in [6, 6.07) is -0.365. The molecule has 2 aliphatic heterocycles. The summed E-state index contributed by atoms with van der Waals surface area (Å²) in [6.07, 6.45) is 3.51. The molecular weight excluding hydrogens is 292 g/mol. The van der Waals surface area contributed by atoms with Gasteiger partial charge < -0.3 is 10.2 Å². The van der Waals surface area contributed by atoms with Crippen molar-refractivity contribution in [2.75, 3.05) is 24.6 Å². The molecule has 2 amide bonds. The lowest BCUT2D eigenvalue weighted by molar-refractivity contribution is -0.149. The molecule has 0 radical (unpaired) electrons. The number of rotatable bonds is 3. The third-order valence-corrected chi connectivity index (χ3v) is 6.08. The zero-order valence-electron chi connectivity index (χ0n) is 12.7. The maximum absolute atomic E-state index is 12.5. The van der Waals surface area contributed by atoms with Gasteiger partial charge in [-0.3, -0.25) is 9.59 Å². The van der Waals surface area contributed by atoms with Gasteiger partial charge in [0.1, 0.15) is 5.41 Å². The molecule has 6 nitrogen and oxygen atoms in total. The van der Waals surface area contributed by atoms with Crippen LogP contribution in [0.25, 0.3) is 0 Å². The summed E-state index contributed by atoms with van der Waals surface area (Å²) < 4.78 is 22.9. The van der Waals surface area contributed by atoms with Gasteiger partial charge in [0, 0.05) is 19.1 Å². The second-order valence-corrected chi connectivity index (χ2v) is 8.78. The molecule has 0 aromatic rings. The van der Waals surface area contributed by atoms with Crippen LogP contribution in [0.1, 0.15) is 39.5 Å². The van der Waals surface area contributed by atoms with Crippen molar-refractivity contribution in [1.82, 2.24) is 10.2 Å². The number of nitrogens with zero attached hydrogens (tertiary/aromatic N) is 1. The van der Waals surface area contributed by atoms with Gasteiger partial charge in [0.05, 0.1) is 11.5 Å². The molecule has 0 aromatic heterocycles. The van der Waals surface area contributed by atoms with Crippen LogP contribution in [-0.2, 0) is 19.4 Å². The van der Waals surface area contributed by atoms with Crippen LogP contribution in [-0.4, -0.2) is 55.8 Å². The number of carbonyl (C=O) groups is 2. The summed E-state index contributed by atoms with van der Waals surface area (Å²) in [5.41, 5.74) is -1.15. The molecule has 2 heterocycles. The molecule has 7 heteroatoms. The monoisotopic (exact) mass is 316 g/mol. The van der Waals surface area contributed by atoms with E-state index in [9.17, 15) is 18.0 Å². The zero-order valence-corrected chi connectivity index (χ0v) is 13.5. The lowest BCUT2D eigenvalue weighted by Gasteiger charge is -2.34. The summed E-state index contributed by atoms with van der Waals surface area (Å²) in [6.45, 7) is 4.63. The van der Waals surface area contributed by atoms with Crippen molar-refractivity contribution in [3.63, 3.8) is 0 Å². The van der Waals surface area contributed by atoms with Crippen molar-refractivity contribution >= 4 is 21.7 Å². The standard InChI is InChI=1S/C14H24N2O4S/c1-14(2,13(18)16-7-4-3-5-8-16)12(17)15-11-6-9-21(19,20)10-11/h11H,3-10H2,1-2H3,(H,15,17). The molecule has 2 fully saturated rings. The van der Waals surface area contributed by atoms with Gasteiger partial charge in [-0.05, 0) is 39.5 Å². The number of amides is 2. The average Bonchev–Trinajstić information content (AvgIpc) is 2.78. The van der Waals surface area contributed by atoms with E-state index in [0.717, 1.165) is 19.3 Å². The van der Waals surface area contributed by atoms with E-state index in [1.807, 2.05) is 0 Å². The fourth-order valence-electron chi connectivity index (χ4n) is 2.86. The summed E-state index contributed by atoms with van der Waals surface area (Å²) in [4.78, 5) is 26.6. The molecule has 2 saturated heterocycles. The van der Waals surface area contributed by atoms with Crippen LogP contribution >= 0.6 is 0 Å². The SMILES string of the molecule is CC(C)(C(=O)NC1CCS(=O)(=O)C1)C(=O)N1CCCCC1. The van der Waals surface area contributed by atoms with Crippen LogP contribution in [0.3, 0.4) is 0 Å². The smallest absolute Gasteiger partial charge is 0.237 e. The van der Waals surface area contributed by atoms with Gasteiger partial charge in [-0.15, -0.1) is 0 Å². The van der Waals surface area contributed by atoms with Crippen LogP contribution in [0.15, 0.2) is 0 Å². The molecule has 0 saturated carbocycles. The number of hydrogen-bond acceptors (Lipinski definition) is 4. The van der Waals surface area contributed by atoms with Gasteiger partial charge in [-0.25, -0.2) is 8.42 Å². The van der Waals surface area contributed by atoms with Gasteiger partial charge in [-0.1, -0.05) is 0 Å². The summed E-state index contributed by atoms with van der Waals surface area (Å²) >= 11 is 0. The van der Waals surface area contributed by atoms with E-state index in [4.69, 9.17) is 0 Å². The van der Waals surface area contributed by atoms with Gasteiger partial charge in [0.15, 0.2) is 9.84 Å². The molecule has 21 heavy (non-hydrogen) atoms. The highest BCUT2D eigenvalue weighted by molar-refractivity contribution is 7.91. The van der Waals surface area contributed by atoms with Crippen molar-refractivity contribution < 1.29 is 18.0 Å². The molecule has 1 N–H and O–H groups in total. The first-order chi connectivity index (χ1) is 9.72. The number of nitrogens with one attached hydrogen (secondary N) is 1. The quantitative estimate of drug-likeness (QED) is 0.761. The lowest BCUT2D eigenvalue weighted by atomic mass is 9.89. The van der Waals surface area contributed by atoms with E-state index in [0.29, 0.717) is 19.5 Å². The van der Waals surface area contributed by atoms with Crippen molar-refractivity contribution in [2.24, 2.45) is 5.41 Å². The second kappa shape index (κ2) is 5.94. The van der Waals surface area contributed by atoms with Crippen LogP contribution in [0.5, 0.6) is 0 Å². The van der Waals surface area contributed by atoms with Gasteiger partial charge in [0.2, 0.25) is 11.8 Å². The van der Waals surface area contributed by atoms with Crippen molar-refractivity contribution in [3.05, 3.63) is 0 Å². The van der Waals surface area contributed by atoms with Crippen LogP contribution in [0.2, 0.25) is 0 Å². The zero-order chi connectivity index (χ0) is 15.7. The highest BCUT2D eigenvalue weighted by Crippen LogP contribution is 2.23. The molecule has 0 spiro atoms. The van der Waals surface area contributed by atoms with Gasteiger partial charge in [-0.2, -0.15) is 0 Å². The Labute approximate surface area is 126 Å². The lowest BCUT2D eigenvalue weighted by Crippen LogP contribution is -2.52. The van der Waals surface area contributed by atoms with Crippen molar-refractivity contribution in [3.8, 4) is 0 Å². The Morgan fingerprint density at radius 1 is 1.14 bits per heavy atom. The molecule has 2 rings (SSSR count). The highest BCUT2D eigenvalue weighted by Gasteiger charge is 2.41. The predicted molar refractivity (Wildman–Crippen MR) is 79.4 cm³/mol. The van der Waals surface area contributed by atoms with Crippen LogP contribution in [0.4, 0.5) is 0 Å². The second-order valence-electron chi connectivity index (χ2n) is 6.55. The minimum absolute atomic E-state index is 0.0211. The van der Waals surface area contributed by atoms with E-state index in [2.05, 4.69) is 5.32 Å². The Morgan fingerprint density at radius 3 is 2.29 bits per heavy atom. The van der Waals surface area contributed by atoms with Crippen LogP contribution in [0, 0.1) is 5.41 Å². The van der Waals surface area contributed by atoms with E-state index in [-0.39, 0.29) is 29.4 Å². The molecule has 2 aliphatic rings. The normalized spacial score (nSPS) is 25.6. The van der Waals surface area contributed by atoms with Crippen molar-refractivity contribution in [2.45, 2.75) is 45.6 Å². The molecule has 0 aromatic carbocycles. The molecule has 0 bridgehead atoms. The third-order valence-electron chi connectivity index (χ3n) is 4.31. The topological polar surface area (TPSA) is 83.5 Å². The van der Waals surface area contributed by atoms with Crippen LogP contribution < -0.4 is 5.32 Å². The Morgan fingerprint density at radius 2 is 1.76 bits per heavy atom. The number of carbonyl (C=O) groups excluding carboxylic acids is 2. The third kappa shape index (κ3) is 3.75. The Balaban J connectivity index is 1.97. The number of piperidine rings is 1. The molecule has 1 unspecified atom stereocenters. The Bertz CT molecular complexity index is 521. The van der Waals surface area contributed by atoms with Gasteiger partial charge >= 0.3 is 0 Å². The fourth-order valence-corrected chi connectivity index (χ4v) is 4.54. The largest absolute Gasteiger partial charge is 0.351 e. The maximum atomic E-state index is 12.5. The Kier molecular flexibility index (Phi) is 4.60. The van der Waals surface area contributed by atoms with E-state index >= 15 is 0 Å². The fraction of sp³-hybridized carbons (Fsp3) is 0.857. The van der Waals surface area contributed by atoms with E-state index in [1.165, 1.54) is 0 Å². The number of likely N-dealkylation sites (tertiary alicyclic amines) is 1. The first kappa shape index (κ1) is 16.3. The number of sulfone groups is 1. The highest BCUT2D eigenvalue weighted by atomic mass is 32.2.